The Balaban J connectivity index is 2.08. The van der Waals surface area contributed by atoms with Crippen molar-refractivity contribution in [2.75, 3.05) is 0 Å². The summed E-state index contributed by atoms with van der Waals surface area (Å²) in [6, 6.07) is 13.5. The summed E-state index contributed by atoms with van der Waals surface area (Å²) < 4.78 is 0. The lowest BCUT2D eigenvalue weighted by Gasteiger charge is -2.15. The molecule has 2 aromatic rings. The van der Waals surface area contributed by atoms with Gasteiger partial charge in [0.2, 0.25) is 0 Å². The Labute approximate surface area is 110 Å². The average Bonchev–Trinajstić information content (AvgIpc) is 2.27. The topological polar surface area (TPSA) is 20.2 Å². The number of phenols is 1. The van der Waals surface area contributed by atoms with Gasteiger partial charge in [-0.15, -0.1) is 0 Å². The number of hydrogen-bond acceptors (Lipinski definition) is 1. The van der Waals surface area contributed by atoms with Crippen LogP contribution in [0.3, 0.4) is 0 Å². The molecule has 96 valence electrons. The van der Waals surface area contributed by atoms with Crippen molar-refractivity contribution in [3.63, 3.8) is 0 Å². The van der Waals surface area contributed by atoms with Gasteiger partial charge in [0.15, 0.2) is 0 Å². The lowest BCUT2D eigenvalue weighted by atomic mass is 10.0. The molecule has 0 aliphatic heterocycles. The zero-order valence-corrected chi connectivity index (χ0v) is 12.5. The monoisotopic (exact) mass is 258 g/mol. The Morgan fingerprint density at radius 1 is 0.944 bits per heavy atom. The highest BCUT2D eigenvalue weighted by molar-refractivity contribution is 6.76. The van der Waals surface area contributed by atoms with Gasteiger partial charge in [-0.2, -0.15) is 0 Å². The summed E-state index contributed by atoms with van der Waals surface area (Å²) in [5.41, 5.74) is 1.41. The zero-order chi connectivity index (χ0) is 13.2. The maximum Gasteiger partial charge on any atom is 0.116 e. The van der Waals surface area contributed by atoms with Gasteiger partial charge in [0.05, 0.1) is 0 Å². The maximum atomic E-state index is 9.44. The normalized spacial score (nSPS) is 11.9. The van der Waals surface area contributed by atoms with Crippen molar-refractivity contribution in [2.24, 2.45) is 0 Å². The molecule has 0 spiro atoms. The minimum Gasteiger partial charge on any atom is -0.508 e. The molecule has 0 unspecified atom stereocenters. The Bertz CT molecular complexity index is 540. The highest BCUT2D eigenvalue weighted by Crippen LogP contribution is 2.22. The van der Waals surface area contributed by atoms with E-state index in [1.54, 1.807) is 6.07 Å². The molecule has 2 heteroatoms. The molecular weight excluding hydrogens is 236 g/mol. The van der Waals surface area contributed by atoms with Gasteiger partial charge in [-0.3, -0.25) is 0 Å². The van der Waals surface area contributed by atoms with Crippen LogP contribution in [-0.4, -0.2) is 13.2 Å². The summed E-state index contributed by atoms with van der Waals surface area (Å²) in [7, 11) is -0.905. The first kappa shape index (κ1) is 13.2. The van der Waals surface area contributed by atoms with Crippen molar-refractivity contribution in [3.8, 4) is 5.75 Å². The smallest absolute Gasteiger partial charge is 0.116 e. The molecule has 1 nitrogen and oxygen atoms in total. The molecule has 0 saturated carbocycles. The molecule has 0 aliphatic carbocycles. The molecule has 2 aromatic carbocycles. The molecule has 0 saturated heterocycles. The molecule has 0 amide bonds. The van der Waals surface area contributed by atoms with E-state index in [9.17, 15) is 5.11 Å². The molecule has 0 aliphatic rings. The molecule has 0 heterocycles. The molecule has 2 rings (SSSR count). The molecule has 0 aromatic heterocycles. The standard InChI is InChI=1S/C16H22OSi/c1-18(2,3)10-4-5-13-6-7-15-12-16(17)9-8-14(15)11-13/h6-9,11-12,17H,4-5,10H2,1-3H3. The number of fused-ring (bicyclic) bond motifs is 1. The fraction of sp³-hybridized carbons (Fsp3) is 0.375. The van der Waals surface area contributed by atoms with Crippen LogP contribution in [0.1, 0.15) is 12.0 Å². The van der Waals surface area contributed by atoms with Crippen LogP contribution in [0.25, 0.3) is 10.8 Å². The highest BCUT2D eigenvalue weighted by Gasteiger charge is 2.11. The van der Waals surface area contributed by atoms with Crippen LogP contribution in [-0.2, 0) is 6.42 Å². The Hall–Kier alpha value is -1.28. The predicted molar refractivity (Wildman–Crippen MR) is 82.1 cm³/mol. The number of phenolic OH excluding ortho intramolecular Hbond substituents is 1. The molecule has 18 heavy (non-hydrogen) atoms. The number of hydrogen-bond donors (Lipinski definition) is 1. The van der Waals surface area contributed by atoms with Crippen molar-refractivity contribution >= 4 is 18.8 Å². The fourth-order valence-electron chi connectivity index (χ4n) is 2.26. The largest absolute Gasteiger partial charge is 0.508 e. The van der Waals surface area contributed by atoms with Gasteiger partial charge in [0.25, 0.3) is 0 Å². The van der Waals surface area contributed by atoms with Crippen molar-refractivity contribution in [1.29, 1.82) is 0 Å². The lowest BCUT2D eigenvalue weighted by molar-refractivity contribution is 0.476. The van der Waals surface area contributed by atoms with Crippen molar-refractivity contribution in [2.45, 2.75) is 38.5 Å². The van der Waals surface area contributed by atoms with Crippen LogP contribution < -0.4 is 0 Å². The first-order valence-electron chi connectivity index (χ1n) is 6.66. The molecule has 0 radical (unpaired) electrons. The quantitative estimate of drug-likeness (QED) is 0.780. The minimum atomic E-state index is -0.905. The van der Waals surface area contributed by atoms with E-state index in [1.165, 1.54) is 29.8 Å². The Kier molecular flexibility index (Phi) is 3.76. The third-order valence-electron chi connectivity index (χ3n) is 3.28. The van der Waals surface area contributed by atoms with Gasteiger partial charge < -0.3 is 5.11 Å². The fourth-order valence-corrected chi connectivity index (χ4v) is 3.50. The van der Waals surface area contributed by atoms with E-state index < -0.39 is 8.07 Å². The second-order valence-corrected chi connectivity index (χ2v) is 11.9. The number of aryl methyl sites for hydroxylation is 1. The van der Waals surface area contributed by atoms with Crippen molar-refractivity contribution in [3.05, 3.63) is 42.0 Å². The zero-order valence-electron chi connectivity index (χ0n) is 11.5. The summed E-state index contributed by atoms with van der Waals surface area (Å²) in [5, 5.41) is 11.8. The van der Waals surface area contributed by atoms with Gasteiger partial charge in [0, 0.05) is 8.07 Å². The molecular formula is C16H22OSi. The van der Waals surface area contributed by atoms with Crippen LogP contribution >= 0.6 is 0 Å². The van der Waals surface area contributed by atoms with Gasteiger partial charge >= 0.3 is 0 Å². The van der Waals surface area contributed by atoms with Gasteiger partial charge in [-0.1, -0.05) is 56.4 Å². The van der Waals surface area contributed by atoms with Crippen LogP contribution in [0.2, 0.25) is 25.7 Å². The van der Waals surface area contributed by atoms with Crippen LogP contribution in [0.15, 0.2) is 36.4 Å². The van der Waals surface area contributed by atoms with Crippen molar-refractivity contribution < 1.29 is 5.11 Å². The Morgan fingerprint density at radius 3 is 2.33 bits per heavy atom. The second-order valence-electron chi connectivity index (χ2n) is 6.28. The summed E-state index contributed by atoms with van der Waals surface area (Å²) in [6.45, 7) is 7.28. The highest BCUT2D eigenvalue weighted by atomic mass is 28.3. The molecule has 0 atom stereocenters. The van der Waals surface area contributed by atoms with Gasteiger partial charge in [-0.05, 0) is 34.9 Å². The molecule has 0 fully saturated rings. The van der Waals surface area contributed by atoms with E-state index in [4.69, 9.17) is 0 Å². The minimum absolute atomic E-state index is 0.342. The van der Waals surface area contributed by atoms with Gasteiger partial charge in [0.1, 0.15) is 5.75 Å². The number of benzene rings is 2. The average molecular weight is 258 g/mol. The SMILES string of the molecule is C[Si](C)(C)CCCc1ccc2cc(O)ccc2c1. The number of aromatic hydroxyl groups is 1. The van der Waals surface area contributed by atoms with Crippen LogP contribution in [0, 0.1) is 0 Å². The predicted octanol–water partition coefficient (Wildman–Crippen LogP) is 4.82. The lowest BCUT2D eigenvalue weighted by Crippen LogP contribution is -2.18. The van der Waals surface area contributed by atoms with Crippen LogP contribution in [0.4, 0.5) is 0 Å². The van der Waals surface area contributed by atoms with E-state index >= 15 is 0 Å². The summed E-state index contributed by atoms with van der Waals surface area (Å²) >= 11 is 0. The van der Waals surface area contributed by atoms with E-state index in [0.29, 0.717) is 5.75 Å². The number of rotatable bonds is 4. The summed E-state index contributed by atoms with van der Waals surface area (Å²) in [4.78, 5) is 0. The molecule has 0 bridgehead atoms. The maximum absolute atomic E-state index is 9.44. The van der Waals surface area contributed by atoms with E-state index in [2.05, 4.69) is 37.8 Å². The van der Waals surface area contributed by atoms with Crippen LogP contribution in [0.5, 0.6) is 5.75 Å². The van der Waals surface area contributed by atoms with E-state index in [0.717, 1.165) is 5.39 Å². The summed E-state index contributed by atoms with van der Waals surface area (Å²) in [5.74, 6) is 0.342. The molecule has 1 N–H and O–H groups in total. The first-order chi connectivity index (χ1) is 8.44. The Morgan fingerprint density at radius 2 is 1.61 bits per heavy atom. The third-order valence-corrected chi connectivity index (χ3v) is 5.13. The van der Waals surface area contributed by atoms with Crippen molar-refractivity contribution in [1.82, 2.24) is 0 Å². The van der Waals surface area contributed by atoms with E-state index in [-0.39, 0.29) is 0 Å². The van der Waals surface area contributed by atoms with E-state index in [1.807, 2.05) is 12.1 Å². The summed E-state index contributed by atoms with van der Waals surface area (Å²) in [6.07, 6.45) is 2.46. The second kappa shape index (κ2) is 5.15. The van der Waals surface area contributed by atoms with Gasteiger partial charge in [-0.25, -0.2) is 0 Å². The first-order valence-corrected chi connectivity index (χ1v) is 10.4. The third kappa shape index (κ3) is 3.60.